The first-order valence-electron chi connectivity index (χ1n) is 9.11. The van der Waals surface area contributed by atoms with Crippen LogP contribution in [0.5, 0.6) is 5.75 Å². The Hall–Kier alpha value is -2.08. The summed E-state index contributed by atoms with van der Waals surface area (Å²) < 4.78 is 5.96. The predicted octanol–water partition coefficient (Wildman–Crippen LogP) is 3.24. The number of nitrogens with two attached hydrogens (primary N) is 3. The Morgan fingerprint density at radius 3 is 2.08 bits per heavy atom. The van der Waals surface area contributed by atoms with E-state index in [-0.39, 0.29) is 10.8 Å². The predicted molar refractivity (Wildman–Crippen MR) is 110 cm³/mol. The summed E-state index contributed by atoms with van der Waals surface area (Å²) in [6, 6.07) is 7.52. The van der Waals surface area contributed by atoms with Crippen molar-refractivity contribution in [2.24, 2.45) is 38.2 Å². The van der Waals surface area contributed by atoms with Crippen molar-refractivity contribution in [2.45, 2.75) is 53.9 Å². The third-order valence-electron chi connectivity index (χ3n) is 4.35. The maximum Gasteiger partial charge on any atom is 0.153 e. The highest BCUT2D eigenvalue weighted by Crippen LogP contribution is 2.29. The van der Waals surface area contributed by atoms with Crippen molar-refractivity contribution in [3.05, 3.63) is 29.8 Å². The van der Waals surface area contributed by atoms with Crippen LogP contribution in [0.15, 0.2) is 34.5 Å². The van der Waals surface area contributed by atoms with E-state index in [0.29, 0.717) is 18.3 Å². The largest absolute Gasteiger partial charge is 0.493 e. The van der Waals surface area contributed by atoms with Gasteiger partial charge in [0.05, 0.1) is 6.61 Å². The van der Waals surface area contributed by atoms with E-state index in [4.69, 9.17) is 21.9 Å². The Kier molecular flexibility index (Phi) is 8.08. The summed E-state index contributed by atoms with van der Waals surface area (Å²) in [5, 5.41) is 7.64. The van der Waals surface area contributed by atoms with Gasteiger partial charge in [-0.05, 0) is 61.4 Å². The molecule has 1 aromatic carbocycles. The van der Waals surface area contributed by atoms with Gasteiger partial charge in [0, 0.05) is 5.56 Å². The van der Waals surface area contributed by atoms with Crippen molar-refractivity contribution in [1.29, 1.82) is 0 Å². The minimum absolute atomic E-state index is 0.108. The van der Waals surface area contributed by atoms with Crippen LogP contribution >= 0.6 is 0 Å². The fourth-order valence-corrected chi connectivity index (χ4v) is 2.41. The van der Waals surface area contributed by atoms with Gasteiger partial charge < -0.3 is 21.9 Å². The summed E-state index contributed by atoms with van der Waals surface area (Å²) in [5.74, 6) is 1.50. The fourth-order valence-electron chi connectivity index (χ4n) is 2.41. The normalized spacial score (nSPS) is 13.8. The molecule has 0 spiro atoms. The molecular formula is C20H35N5O. The van der Waals surface area contributed by atoms with E-state index in [9.17, 15) is 0 Å². The number of hydrogen-bond donors (Lipinski definition) is 3. The molecule has 0 fully saturated rings. The molecule has 0 aliphatic rings. The van der Waals surface area contributed by atoms with Crippen LogP contribution in [0.2, 0.25) is 0 Å². The van der Waals surface area contributed by atoms with Gasteiger partial charge in [0.2, 0.25) is 0 Å². The summed E-state index contributed by atoms with van der Waals surface area (Å²) in [6.07, 6.45) is 3.38. The lowest BCUT2D eigenvalue weighted by Gasteiger charge is -2.28. The molecule has 6 nitrogen and oxygen atoms in total. The number of hydrogen-bond acceptors (Lipinski definition) is 4. The Morgan fingerprint density at radius 2 is 1.54 bits per heavy atom. The SMILES string of the molecule is C/C(N)=N/N=C(\N)c1ccc(OCC(C)(C)CCCC(C)(C)CN)cc1. The van der Waals surface area contributed by atoms with Gasteiger partial charge in [0.25, 0.3) is 0 Å². The molecule has 1 rings (SSSR count). The van der Waals surface area contributed by atoms with Gasteiger partial charge in [0.1, 0.15) is 11.6 Å². The van der Waals surface area contributed by atoms with Gasteiger partial charge in [-0.15, -0.1) is 10.2 Å². The summed E-state index contributed by atoms with van der Waals surface area (Å²) in [4.78, 5) is 0. The first-order chi connectivity index (χ1) is 12.0. The number of amidine groups is 2. The van der Waals surface area contributed by atoms with Gasteiger partial charge in [-0.1, -0.05) is 34.1 Å². The molecule has 0 unspecified atom stereocenters. The van der Waals surface area contributed by atoms with E-state index in [2.05, 4.69) is 37.9 Å². The molecule has 146 valence electrons. The molecule has 6 heteroatoms. The van der Waals surface area contributed by atoms with Gasteiger partial charge in [-0.25, -0.2) is 0 Å². The van der Waals surface area contributed by atoms with Crippen molar-refractivity contribution in [3.63, 3.8) is 0 Å². The second kappa shape index (κ2) is 9.57. The van der Waals surface area contributed by atoms with E-state index in [1.807, 2.05) is 24.3 Å². The standard InChI is InChI=1S/C20H35N5O/c1-15(22)24-25-18(23)16-7-9-17(10-8-16)26-14-20(4,5)12-6-11-19(2,3)13-21/h7-10H,6,11-14,21H2,1-5H3,(H2,22,24)(H2,23,25). The number of nitrogens with zero attached hydrogens (tertiary/aromatic N) is 2. The molecule has 0 atom stereocenters. The van der Waals surface area contributed by atoms with Crippen LogP contribution in [-0.4, -0.2) is 24.8 Å². The molecule has 6 N–H and O–H groups in total. The monoisotopic (exact) mass is 361 g/mol. The lowest BCUT2D eigenvalue weighted by atomic mass is 9.82. The minimum atomic E-state index is 0.108. The highest BCUT2D eigenvalue weighted by molar-refractivity contribution is 5.97. The van der Waals surface area contributed by atoms with Crippen molar-refractivity contribution in [2.75, 3.05) is 13.2 Å². The lowest BCUT2D eigenvalue weighted by Crippen LogP contribution is -2.25. The third kappa shape index (κ3) is 8.34. The molecule has 1 aromatic rings. The average Bonchev–Trinajstić information content (AvgIpc) is 2.58. The van der Waals surface area contributed by atoms with Crippen LogP contribution in [0.3, 0.4) is 0 Å². The second-order valence-corrected chi connectivity index (χ2v) is 8.43. The smallest absolute Gasteiger partial charge is 0.153 e. The van der Waals surface area contributed by atoms with E-state index >= 15 is 0 Å². The number of ether oxygens (including phenoxy) is 1. The Balaban J connectivity index is 2.54. The van der Waals surface area contributed by atoms with Gasteiger partial charge in [-0.3, -0.25) is 0 Å². The van der Waals surface area contributed by atoms with E-state index in [0.717, 1.165) is 37.1 Å². The van der Waals surface area contributed by atoms with Crippen LogP contribution in [0.25, 0.3) is 0 Å². The summed E-state index contributed by atoms with van der Waals surface area (Å²) in [5.41, 5.74) is 18.2. The molecule has 0 bridgehead atoms. The molecule has 0 saturated heterocycles. The zero-order valence-electron chi connectivity index (χ0n) is 16.9. The maximum absolute atomic E-state index is 5.96. The highest BCUT2D eigenvalue weighted by Gasteiger charge is 2.21. The highest BCUT2D eigenvalue weighted by atomic mass is 16.5. The Bertz CT molecular complexity index is 614. The van der Waals surface area contributed by atoms with Gasteiger partial charge in [-0.2, -0.15) is 0 Å². The third-order valence-corrected chi connectivity index (χ3v) is 4.35. The van der Waals surface area contributed by atoms with Crippen molar-refractivity contribution < 1.29 is 4.74 Å². The summed E-state index contributed by atoms with van der Waals surface area (Å²) in [6.45, 7) is 11.9. The fraction of sp³-hybridized carbons (Fsp3) is 0.600. The van der Waals surface area contributed by atoms with Crippen LogP contribution in [0.4, 0.5) is 0 Å². The van der Waals surface area contributed by atoms with Gasteiger partial charge >= 0.3 is 0 Å². The first-order valence-corrected chi connectivity index (χ1v) is 9.11. The van der Waals surface area contributed by atoms with Crippen LogP contribution in [0.1, 0.15) is 59.4 Å². The molecule has 0 aliphatic carbocycles. The molecule has 0 radical (unpaired) electrons. The quantitative estimate of drug-likeness (QED) is 0.337. The Morgan fingerprint density at radius 1 is 0.962 bits per heavy atom. The van der Waals surface area contributed by atoms with E-state index in [1.54, 1.807) is 6.92 Å². The Labute approximate surface area is 157 Å². The number of rotatable bonds is 10. The summed E-state index contributed by atoms with van der Waals surface area (Å²) >= 11 is 0. The van der Waals surface area contributed by atoms with Crippen molar-refractivity contribution >= 4 is 11.7 Å². The maximum atomic E-state index is 5.96. The summed E-state index contributed by atoms with van der Waals surface area (Å²) in [7, 11) is 0. The molecule has 0 aromatic heterocycles. The molecule has 0 amide bonds. The van der Waals surface area contributed by atoms with E-state index in [1.165, 1.54) is 0 Å². The first kappa shape index (κ1) is 22.0. The van der Waals surface area contributed by atoms with E-state index < -0.39 is 0 Å². The molecule has 0 saturated carbocycles. The molecule has 26 heavy (non-hydrogen) atoms. The number of benzene rings is 1. The van der Waals surface area contributed by atoms with Crippen LogP contribution in [-0.2, 0) is 0 Å². The minimum Gasteiger partial charge on any atom is -0.493 e. The molecular weight excluding hydrogens is 326 g/mol. The lowest BCUT2D eigenvalue weighted by molar-refractivity contribution is 0.159. The van der Waals surface area contributed by atoms with Crippen molar-refractivity contribution in [1.82, 2.24) is 0 Å². The molecule has 0 heterocycles. The molecule has 0 aliphatic heterocycles. The van der Waals surface area contributed by atoms with Crippen LogP contribution in [0, 0.1) is 10.8 Å². The second-order valence-electron chi connectivity index (χ2n) is 8.43. The van der Waals surface area contributed by atoms with Crippen molar-refractivity contribution in [3.8, 4) is 5.75 Å². The van der Waals surface area contributed by atoms with Crippen LogP contribution < -0.4 is 21.9 Å². The zero-order valence-corrected chi connectivity index (χ0v) is 16.9. The van der Waals surface area contributed by atoms with Gasteiger partial charge in [0.15, 0.2) is 5.84 Å². The topological polar surface area (TPSA) is 112 Å². The average molecular weight is 362 g/mol. The zero-order chi connectivity index (χ0) is 19.8.